The average Bonchev–Trinajstić information content (AvgIpc) is 3.52. The number of benzene rings is 1. The smallest absolute Gasteiger partial charge is 0.414 e. The molecule has 2 aliphatic heterocycles. The lowest BCUT2D eigenvalue weighted by Gasteiger charge is -2.24. The van der Waals surface area contributed by atoms with Crippen LogP contribution in [0.5, 0.6) is 0 Å². The van der Waals surface area contributed by atoms with Gasteiger partial charge in [-0.25, -0.2) is 14.6 Å². The van der Waals surface area contributed by atoms with Gasteiger partial charge in [0.25, 0.3) is 0 Å². The van der Waals surface area contributed by atoms with Crippen LogP contribution in [0.2, 0.25) is 0 Å². The fourth-order valence-corrected chi connectivity index (χ4v) is 3.88. The number of carbonyl (C=O) groups is 3. The van der Waals surface area contributed by atoms with Crippen molar-refractivity contribution in [2.24, 2.45) is 5.92 Å². The van der Waals surface area contributed by atoms with Crippen molar-refractivity contribution in [3.05, 3.63) is 24.0 Å². The lowest BCUT2D eigenvalue weighted by Crippen LogP contribution is -2.44. The van der Waals surface area contributed by atoms with Gasteiger partial charge >= 0.3 is 6.09 Å². The van der Waals surface area contributed by atoms with Crippen molar-refractivity contribution in [2.75, 3.05) is 42.5 Å². The summed E-state index contributed by atoms with van der Waals surface area (Å²) < 4.78 is 20.2. The molecule has 2 saturated heterocycles. The number of hydrogen-bond donors (Lipinski definition) is 1. The van der Waals surface area contributed by atoms with Crippen LogP contribution in [-0.4, -0.2) is 61.6 Å². The number of carbonyl (C=O) groups excluding carboxylic acids is 3. The molecule has 1 N–H and O–H groups in total. The highest BCUT2D eigenvalue weighted by Gasteiger charge is 2.35. The van der Waals surface area contributed by atoms with Gasteiger partial charge in [-0.1, -0.05) is 0 Å². The summed E-state index contributed by atoms with van der Waals surface area (Å²) in [6.07, 6.45) is 1.83. The number of Topliss-reactive ketones (excluding diaryl/α,β-unsaturated/α-hetero) is 1. The minimum atomic E-state index is -0.524. The van der Waals surface area contributed by atoms with Crippen LogP contribution in [0.15, 0.2) is 18.2 Å². The highest BCUT2D eigenvalue weighted by atomic mass is 19.1. The topological polar surface area (TPSA) is 82.2 Å². The van der Waals surface area contributed by atoms with E-state index in [0.29, 0.717) is 56.9 Å². The van der Waals surface area contributed by atoms with Crippen molar-refractivity contribution in [3.63, 3.8) is 0 Å². The summed E-state index contributed by atoms with van der Waals surface area (Å²) in [6, 6.07) is 4.72. The summed E-state index contributed by atoms with van der Waals surface area (Å²) in [5, 5.41) is 1.66. The van der Waals surface area contributed by atoms with Crippen LogP contribution in [0.1, 0.15) is 32.6 Å². The molecule has 0 radical (unpaired) electrons. The molecule has 30 heavy (non-hydrogen) atoms. The Balaban J connectivity index is 1.40. The number of nitrogens with zero attached hydrogens (tertiary/aromatic N) is 3. The molecule has 162 valence electrons. The number of rotatable bonds is 6. The van der Waals surface area contributed by atoms with Gasteiger partial charge in [0, 0.05) is 32.0 Å². The Hall–Kier alpha value is -2.68. The molecule has 0 spiro atoms. The van der Waals surface area contributed by atoms with Crippen molar-refractivity contribution < 1.29 is 23.5 Å². The third-order valence-corrected chi connectivity index (χ3v) is 5.75. The zero-order valence-corrected chi connectivity index (χ0v) is 17.1. The van der Waals surface area contributed by atoms with E-state index >= 15 is 0 Å². The summed E-state index contributed by atoms with van der Waals surface area (Å²) in [7, 11) is 0. The van der Waals surface area contributed by atoms with Crippen LogP contribution in [0, 0.1) is 11.7 Å². The Morgan fingerprint density at radius 2 is 2.03 bits per heavy atom. The molecule has 0 aromatic heterocycles. The van der Waals surface area contributed by atoms with E-state index in [-0.39, 0.29) is 23.7 Å². The van der Waals surface area contributed by atoms with Gasteiger partial charge in [0.05, 0.1) is 24.5 Å². The first-order valence-corrected chi connectivity index (χ1v) is 10.5. The summed E-state index contributed by atoms with van der Waals surface area (Å²) in [5.41, 5.74) is 4.02. The SMILES string of the molecule is CC(=O)CC[C@H]1CN(c2ccc(N3CCNN(C(=O)C4CC4)CC3)c(F)c2)C(=O)O1. The van der Waals surface area contributed by atoms with Gasteiger partial charge in [0.15, 0.2) is 0 Å². The third kappa shape index (κ3) is 4.56. The molecule has 3 fully saturated rings. The van der Waals surface area contributed by atoms with Gasteiger partial charge in [-0.2, -0.15) is 0 Å². The molecule has 1 aromatic carbocycles. The fourth-order valence-electron chi connectivity index (χ4n) is 3.88. The van der Waals surface area contributed by atoms with Crippen LogP contribution in [0.3, 0.4) is 0 Å². The van der Waals surface area contributed by atoms with Gasteiger partial charge < -0.3 is 14.4 Å². The largest absolute Gasteiger partial charge is 0.444 e. The molecule has 1 atom stereocenters. The molecule has 3 aliphatic rings. The molecule has 0 bridgehead atoms. The number of ether oxygens (including phenoxy) is 1. The van der Waals surface area contributed by atoms with Crippen LogP contribution in [-0.2, 0) is 14.3 Å². The minimum Gasteiger partial charge on any atom is -0.444 e. The molecule has 1 aliphatic carbocycles. The monoisotopic (exact) mass is 418 g/mol. The Morgan fingerprint density at radius 3 is 2.73 bits per heavy atom. The Kier molecular flexibility index (Phi) is 5.90. The Labute approximate surface area is 174 Å². The van der Waals surface area contributed by atoms with E-state index in [1.54, 1.807) is 17.1 Å². The number of cyclic esters (lactones) is 1. The Bertz CT molecular complexity index is 844. The van der Waals surface area contributed by atoms with Crippen molar-refractivity contribution in [3.8, 4) is 0 Å². The van der Waals surface area contributed by atoms with Crippen LogP contribution < -0.4 is 15.2 Å². The molecule has 2 heterocycles. The summed E-state index contributed by atoms with van der Waals surface area (Å²) in [5.74, 6) is -0.113. The fraction of sp³-hybridized carbons (Fsp3) is 0.571. The molecule has 1 saturated carbocycles. The number of hydrogen-bond acceptors (Lipinski definition) is 6. The molecule has 0 unspecified atom stereocenters. The maximum Gasteiger partial charge on any atom is 0.414 e. The molecule has 1 aromatic rings. The third-order valence-electron chi connectivity index (χ3n) is 5.75. The Morgan fingerprint density at radius 1 is 1.23 bits per heavy atom. The van der Waals surface area contributed by atoms with Crippen molar-refractivity contribution in [1.29, 1.82) is 0 Å². The van der Waals surface area contributed by atoms with E-state index in [4.69, 9.17) is 4.74 Å². The predicted molar refractivity (Wildman–Crippen MR) is 109 cm³/mol. The van der Waals surface area contributed by atoms with Gasteiger partial charge in [-0.3, -0.25) is 14.7 Å². The zero-order valence-electron chi connectivity index (χ0n) is 17.1. The first kappa shape index (κ1) is 20.6. The second-order valence-corrected chi connectivity index (χ2v) is 8.15. The lowest BCUT2D eigenvalue weighted by molar-refractivity contribution is -0.135. The quantitative estimate of drug-likeness (QED) is 0.762. The lowest BCUT2D eigenvalue weighted by atomic mass is 10.1. The number of anilines is 2. The average molecular weight is 418 g/mol. The van der Waals surface area contributed by atoms with E-state index in [2.05, 4.69) is 5.43 Å². The van der Waals surface area contributed by atoms with Crippen LogP contribution in [0.25, 0.3) is 0 Å². The number of hydrazine groups is 1. The predicted octanol–water partition coefficient (Wildman–Crippen LogP) is 2.08. The number of nitrogens with one attached hydrogen (secondary N) is 1. The van der Waals surface area contributed by atoms with Gasteiger partial charge in [-0.15, -0.1) is 0 Å². The first-order valence-electron chi connectivity index (χ1n) is 10.5. The van der Waals surface area contributed by atoms with Crippen LogP contribution >= 0.6 is 0 Å². The normalized spacial score (nSPS) is 22.1. The molecular weight excluding hydrogens is 391 g/mol. The van der Waals surface area contributed by atoms with Crippen molar-refractivity contribution in [1.82, 2.24) is 10.4 Å². The minimum absolute atomic E-state index is 0.0456. The highest BCUT2D eigenvalue weighted by molar-refractivity contribution is 5.90. The van der Waals surface area contributed by atoms with E-state index < -0.39 is 11.9 Å². The molecular formula is C21H27FN4O4. The molecule has 9 heteroatoms. The highest BCUT2D eigenvalue weighted by Crippen LogP contribution is 2.31. The van der Waals surface area contributed by atoms with Crippen LogP contribution in [0.4, 0.5) is 20.6 Å². The van der Waals surface area contributed by atoms with E-state index in [1.165, 1.54) is 17.9 Å². The maximum atomic E-state index is 14.9. The standard InChI is InChI=1S/C21H27FN4O4/c1-14(27)2-6-17-13-25(21(29)30-17)16-5-7-19(18(22)12-16)24-9-8-23-26(11-10-24)20(28)15-3-4-15/h5,7,12,15,17,23H,2-4,6,8-11,13H2,1H3/t17-/m0/s1. The molecule has 8 nitrogen and oxygen atoms in total. The van der Waals surface area contributed by atoms with E-state index in [9.17, 15) is 18.8 Å². The van der Waals surface area contributed by atoms with Crippen molar-refractivity contribution in [2.45, 2.75) is 38.7 Å². The number of ketones is 1. The van der Waals surface area contributed by atoms with Gasteiger partial charge in [-0.05, 0) is 44.4 Å². The van der Waals surface area contributed by atoms with Crippen molar-refractivity contribution >= 4 is 29.2 Å². The van der Waals surface area contributed by atoms with Gasteiger partial charge in [0.1, 0.15) is 17.7 Å². The molecule has 2 amide bonds. The molecule has 4 rings (SSSR count). The summed E-state index contributed by atoms with van der Waals surface area (Å²) >= 11 is 0. The maximum absolute atomic E-state index is 14.9. The second kappa shape index (κ2) is 8.59. The first-order chi connectivity index (χ1) is 14.4. The summed E-state index contributed by atoms with van der Waals surface area (Å²) in [4.78, 5) is 38.9. The second-order valence-electron chi connectivity index (χ2n) is 8.15. The number of amides is 2. The van der Waals surface area contributed by atoms with E-state index in [0.717, 1.165) is 12.8 Å². The summed E-state index contributed by atoms with van der Waals surface area (Å²) in [6.45, 7) is 3.95. The van der Waals surface area contributed by atoms with E-state index in [1.807, 2.05) is 4.90 Å². The number of halogens is 1. The van der Waals surface area contributed by atoms with Gasteiger partial charge in [0.2, 0.25) is 5.91 Å². The zero-order chi connectivity index (χ0) is 21.3.